The molecule has 7 heteroatoms. The third-order valence-electron chi connectivity index (χ3n) is 5.39. The first-order valence-electron chi connectivity index (χ1n) is 10.2. The van der Waals surface area contributed by atoms with Crippen molar-refractivity contribution < 1.29 is 9.47 Å². The van der Waals surface area contributed by atoms with Crippen molar-refractivity contribution in [3.05, 3.63) is 42.5 Å². The molecule has 0 N–H and O–H groups in total. The van der Waals surface area contributed by atoms with Gasteiger partial charge in [-0.3, -0.25) is 5.01 Å². The number of benzene rings is 2. The number of nitrogens with zero attached hydrogens (tertiary/aromatic N) is 5. The lowest BCUT2D eigenvalue weighted by atomic mass is 10.2. The molecular formula is C23H33N5O2. The summed E-state index contributed by atoms with van der Waals surface area (Å²) < 4.78 is 11.1. The standard InChI is InChI=1S/C23H33N5O2/c1-18(26(4)21-10-8-7-9-20(21)25(2)3)24-27(5)22-12-11-19(17-23(22)29-6)28-13-15-30-16-14-28/h7-12,17H,13-16H2,1-6H3/b24-18+. The van der Waals surface area contributed by atoms with Gasteiger partial charge in [0, 0.05) is 53.0 Å². The monoisotopic (exact) mass is 411 g/mol. The van der Waals surface area contributed by atoms with E-state index in [0.717, 1.165) is 60.6 Å². The molecule has 7 nitrogen and oxygen atoms in total. The highest BCUT2D eigenvalue weighted by molar-refractivity contribution is 5.99. The van der Waals surface area contributed by atoms with Crippen LogP contribution in [0.25, 0.3) is 0 Å². The van der Waals surface area contributed by atoms with E-state index in [4.69, 9.17) is 14.6 Å². The van der Waals surface area contributed by atoms with Crippen molar-refractivity contribution in [1.82, 2.24) is 0 Å². The van der Waals surface area contributed by atoms with Crippen LogP contribution in [0.3, 0.4) is 0 Å². The minimum atomic E-state index is 0.758. The zero-order valence-corrected chi connectivity index (χ0v) is 18.9. The molecule has 1 aliphatic rings. The molecule has 0 spiro atoms. The molecule has 1 aliphatic heterocycles. The summed E-state index contributed by atoms with van der Waals surface area (Å²) in [6.07, 6.45) is 0. The van der Waals surface area contributed by atoms with Crippen LogP contribution >= 0.6 is 0 Å². The molecule has 0 amide bonds. The van der Waals surface area contributed by atoms with Gasteiger partial charge in [0.15, 0.2) is 0 Å². The summed E-state index contributed by atoms with van der Waals surface area (Å²) in [5.41, 5.74) is 4.31. The third-order valence-corrected chi connectivity index (χ3v) is 5.39. The van der Waals surface area contributed by atoms with Crippen LogP contribution in [-0.2, 0) is 4.74 Å². The second-order valence-corrected chi connectivity index (χ2v) is 7.57. The molecule has 2 aromatic carbocycles. The first-order valence-corrected chi connectivity index (χ1v) is 10.2. The zero-order chi connectivity index (χ0) is 21.7. The average Bonchev–Trinajstić information content (AvgIpc) is 2.78. The van der Waals surface area contributed by atoms with E-state index < -0.39 is 0 Å². The number of amidine groups is 1. The van der Waals surface area contributed by atoms with Crippen LogP contribution in [0.15, 0.2) is 47.6 Å². The second kappa shape index (κ2) is 9.71. The van der Waals surface area contributed by atoms with Crippen LogP contribution in [0.2, 0.25) is 0 Å². The van der Waals surface area contributed by atoms with E-state index in [-0.39, 0.29) is 0 Å². The van der Waals surface area contributed by atoms with Gasteiger partial charge in [-0.15, -0.1) is 0 Å². The van der Waals surface area contributed by atoms with Gasteiger partial charge in [-0.05, 0) is 31.2 Å². The molecule has 1 fully saturated rings. The molecule has 0 bridgehead atoms. The second-order valence-electron chi connectivity index (χ2n) is 7.57. The highest BCUT2D eigenvalue weighted by Gasteiger charge is 2.16. The Balaban J connectivity index is 1.83. The summed E-state index contributed by atoms with van der Waals surface area (Å²) in [6.45, 7) is 5.32. The predicted molar refractivity (Wildman–Crippen MR) is 127 cm³/mol. The highest BCUT2D eigenvalue weighted by atomic mass is 16.5. The van der Waals surface area contributed by atoms with Gasteiger partial charge in [0.2, 0.25) is 0 Å². The largest absolute Gasteiger partial charge is 0.494 e. The van der Waals surface area contributed by atoms with E-state index in [9.17, 15) is 0 Å². The van der Waals surface area contributed by atoms with Crippen LogP contribution in [-0.4, -0.2) is 67.4 Å². The van der Waals surface area contributed by atoms with Crippen molar-refractivity contribution in [3.63, 3.8) is 0 Å². The van der Waals surface area contributed by atoms with Gasteiger partial charge in [-0.2, -0.15) is 5.10 Å². The highest BCUT2D eigenvalue weighted by Crippen LogP contribution is 2.33. The SMILES string of the molecule is COc1cc(N2CCOCC2)ccc1N(C)/N=C(\C)N(C)c1ccccc1N(C)C. The average molecular weight is 412 g/mol. The molecule has 30 heavy (non-hydrogen) atoms. The first kappa shape index (κ1) is 21.8. The van der Waals surface area contributed by atoms with E-state index in [0.29, 0.717) is 0 Å². The Morgan fingerprint density at radius 1 is 0.967 bits per heavy atom. The topological polar surface area (TPSA) is 43.8 Å². The molecule has 1 heterocycles. The fraction of sp³-hybridized carbons (Fsp3) is 0.435. The number of hydrazone groups is 1. The van der Waals surface area contributed by atoms with Gasteiger partial charge in [-0.1, -0.05) is 12.1 Å². The molecular weight excluding hydrogens is 378 g/mol. The quantitative estimate of drug-likeness (QED) is 0.412. The Morgan fingerprint density at radius 2 is 1.63 bits per heavy atom. The number of hydrogen-bond donors (Lipinski definition) is 0. The van der Waals surface area contributed by atoms with Crippen LogP contribution < -0.4 is 24.4 Å². The fourth-order valence-corrected chi connectivity index (χ4v) is 3.59. The lowest BCUT2D eigenvalue weighted by Crippen LogP contribution is -2.36. The molecule has 0 radical (unpaired) electrons. The van der Waals surface area contributed by atoms with Gasteiger partial charge >= 0.3 is 0 Å². The number of para-hydroxylation sites is 2. The van der Waals surface area contributed by atoms with E-state index >= 15 is 0 Å². The summed E-state index contributed by atoms with van der Waals surface area (Å²) in [6, 6.07) is 14.6. The van der Waals surface area contributed by atoms with Gasteiger partial charge in [0.1, 0.15) is 17.3 Å². The Kier molecular flexibility index (Phi) is 7.05. The van der Waals surface area contributed by atoms with Crippen molar-refractivity contribution in [2.75, 3.05) is 81.3 Å². The normalized spacial score (nSPS) is 14.5. The van der Waals surface area contributed by atoms with Crippen molar-refractivity contribution in [2.45, 2.75) is 6.92 Å². The minimum Gasteiger partial charge on any atom is -0.494 e. The Labute approximate surface area is 180 Å². The molecule has 3 rings (SSSR count). The Hall–Kier alpha value is -2.93. The van der Waals surface area contributed by atoms with Gasteiger partial charge in [0.25, 0.3) is 0 Å². The lowest BCUT2D eigenvalue weighted by Gasteiger charge is -2.30. The van der Waals surface area contributed by atoms with Crippen molar-refractivity contribution >= 4 is 28.6 Å². The predicted octanol–water partition coefficient (Wildman–Crippen LogP) is 3.50. The smallest absolute Gasteiger partial charge is 0.146 e. The van der Waals surface area contributed by atoms with Crippen molar-refractivity contribution in [1.29, 1.82) is 0 Å². The maximum atomic E-state index is 5.69. The summed E-state index contributed by atoms with van der Waals surface area (Å²) >= 11 is 0. The first-order chi connectivity index (χ1) is 14.4. The fourth-order valence-electron chi connectivity index (χ4n) is 3.59. The molecule has 1 saturated heterocycles. The molecule has 2 aromatic rings. The molecule has 0 aliphatic carbocycles. The van der Waals surface area contributed by atoms with E-state index in [1.54, 1.807) is 7.11 Å². The third kappa shape index (κ3) is 4.79. The molecule has 162 valence electrons. The van der Waals surface area contributed by atoms with Crippen LogP contribution in [0.4, 0.5) is 22.7 Å². The number of rotatable bonds is 6. The summed E-state index contributed by atoms with van der Waals surface area (Å²) in [5, 5.41) is 6.69. The van der Waals surface area contributed by atoms with Gasteiger partial charge in [0.05, 0.1) is 31.7 Å². The van der Waals surface area contributed by atoms with E-state index in [2.05, 4.69) is 45.0 Å². The number of anilines is 4. The maximum absolute atomic E-state index is 5.69. The zero-order valence-electron chi connectivity index (χ0n) is 18.9. The number of methoxy groups -OCH3 is 1. The van der Waals surface area contributed by atoms with Gasteiger partial charge in [-0.25, -0.2) is 0 Å². The lowest BCUT2D eigenvalue weighted by molar-refractivity contribution is 0.122. The summed E-state index contributed by atoms with van der Waals surface area (Å²) in [4.78, 5) is 6.52. The minimum absolute atomic E-state index is 0.758. The van der Waals surface area contributed by atoms with E-state index in [1.165, 1.54) is 0 Å². The maximum Gasteiger partial charge on any atom is 0.146 e. The number of hydrogen-bond acceptors (Lipinski definition) is 6. The van der Waals surface area contributed by atoms with Crippen LogP contribution in [0.1, 0.15) is 6.92 Å². The number of morpholine rings is 1. The van der Waals surface area contributed by atoms with E-state index in [1.807, 2.05) is 52.3 Å². The number of ether oxygens (including phenoxy) is 2. The Bertz CT molecular complexity index is 878. The molecule has 0 atom stereocenters. The molecule has 0 unspecified atom stereocenters. The molecule has 0 saturated carbocycles. The van der Waals surface area contributed by atoms with Crippen molar-refractivity contribution in [3.8, 4) is 5.75 Å². The van der Waals surface area contributed by atoms with Crippen LogP contribution in [0, 0.1) is 0 Å². The Morgan fingerprint density at radius 3 is 2.27 bits per heavy atom. The van der Waals surface area contributed by atoms with Crippen molar-refractivity contribution in [2.24, 2.45) is 5.10 Å². The van der Waals surface area contributed by atoms with Gasteiger partial charge < -0.3 is 24.2 Å². The van der Waals surface area contributed by atoms with Crippen LogP contribution in [0.5, 0.6) is 5.75 Å². The molecule has 0 aromatic heterocycles. The summed E-state index contributed by atoms with van der Waals surface area (Å²) in [7, 11) is 9.78. The summed E-state index contributed by atoms with van der Waals surface area (Å²) in [5.74, 6) is 1.68.